The molecule has 5 atom stereocenters. The largest absolute Gasteiger partial charge is 0.484 e. The van der Waals surface area contributed by atoms with Gasteiger partial charge in [-0.3, -0.25) is 9.59 Å². The molecule has 0 aromatic heterocycles. The number of amides is 2. The average molecular weight is 441 g/mol. The lowest BCUT2D eigenvalue weighted by molar-refractivity contribution is -0.129. The van der Waals surface area contributed by atoms with Crippen molar-refractivity contribution in [2.24, 2.45) is 17.1 Å². The number of benzene rings is 2. The molecule has 5 nitrogen and oxygen atoms in total. The molecule has 31 heavy (non-hydrogen) atoms. The summed E-state index contributed by atoms with van der Waals surface area (Å²) in [5.74, 6) is 0.645. The maximum atomic E-state index is 12.9. The molecule has 164 valence electrons. The number of nitrogens with two attached hydrogens (primary N) is 1. The number of hydrogen-bond acceptors (Lipinski definition) is 3. The average Bonchev–Trinajstić information content (AvgIpc) is 2.95. The molecule has 1 saturated carbocycles. The number of hydrogen-bond donors (Lipinski definition) is 2. The molecule has 6 heteroatoms. The van der Waals surface area contributed by atoms with Crippen LogP contribution in [0.1, 0.15) is 55.2 Å². The first-order chi connectivity index (χ1) is 14.7. The van der Waals surface area contributed by atoms with Crippen LogP contribution in [-0.4, -0.2) is 24.5 Å². The molecule has 0 radical (unpaired) electrons. The summed E-state index contributed by atoms with van der Waals surface area (Å²) in [6.07, 6.45) is 1.68. The molecule has 1 saturated heterocycles. The third-order valence-electron chi connectivity index (χ3n) is 7.16. The first-order valence-electron chi connectivity index (χ1n) is 10.8. The van der Waals surface area contributed by atoms with Crippen molar-refractivity contribution in [2.75, 3.05) is 6.61 Å². The van der Waals surface area contributed by atoms with Gasteiger partial charge in [0.15, 0.2) is 6.61 Å². The number of aryl methyl sites for hydroxylation is 1. The molecule has 2 amide bonds. The van der Waals surface area contributed by atoms with Crippen LogP contribution in [-0.2, 0) is 9.59 Å². The summed E-state index contributed by atoms with van der Waals surface area (Å²) in [4.78, 5) is 23.9. The summed E-state index contributed by atoms with van der Waals surface area (Å²) in [7, 11) is 0. The molecule has 0 bridgehead atoms. The van der Waals surface area contributed by atoms with E-state index < -0.39 is 5.91 Å². The first kappa shape index (κ1) is 21.7. The van der Waals surface area contributed by atoms with E-state index >= 15 is 0 Å². The number of ether oxygens (including phenoxy) is 1. The first-order valence-corrected chi connectivity index (χ1v) is 11.2. The van der Waals surface area contributed by atoms with E-state index in [1.807, 2.05) is 12.1 Å². The number of carbonyl (C=O) groups excluding carboxylic acids is 2. The molecular formula is C25H29ClN2O3. The van der Waals surface area contributed by atoms with Crippen LogP contribution in [0.5, 0.6) is 5.75 Å². The van der Waals surface area contributed by atoms with Crippen LogP contribution in [0.15, 0.2) is 42.5 Å². The van der Waals surface area contributed by atoms with Crippen molar-refractivity contribution < 1.29 is 14.3 Å². The molecule has 0 spiro atoms. The van der Waals surface area contributed by atoms with E-state index in [1.54, 1.807) is 6.07 Å². The van der Waals surface area contributed by atoms with Crippen molar-refractivity contribution >= 4 is 23.4 Å². The maximum Gasteiger partial charge on any atom is 0.255 e. The maximum absolute atomic E-state index is 12.9. The van der Waals surface area contributed by atoms with Gasteiger partial charge in [-0.15, -0.1) is 0 Å². The summed E-state index contributed by atoms with van der Waals surface area (Å²) in [6.45, 7) is 6.12. The van der Waals surface area contributed by atoms with Crippen LogP contribution in [0.4, 0.5) is 0 Å². The summed E-state index contributed by atoms with van der Waals surface area (Å²) >= 11 is 6.72. The molecule has 4 rings (SSSR count). The highest BCUT2D eigenvalue weighted by atomic mass is 35.5. The lowest BCUT2D eigenvalue weighted by Crippen LogP contribution is -2.42. The highest BCUT2D eigenvalue weighted by Gasteiger charge is 2.57. The zero-order valence-corrected chi connectivity index (χ0v) is 18.9. The monoisotopic (exact) mass is 440 g/mol. The molecule has 0 unspecified atom stereocenters. The number of primary amides is 1. The highest BCUT2D eigenvalue weighted by Crippen LogP contribution is 2.59. The van der Waals surface area contributed by atoms with Crippen LogP contribution < -0.4 is 15.8 Å². The van der Waals surface area contributed by atoms with E-state index in [0.717, 1.165) is 18.4 Å². The zero-order valence-electron chi connectivity index (χ0n) is 18.2. The van der Waals surface area contributed by atoms with Crippen LogP contribution in [0.25, 0.3) is 0 Å². The fraction of sp³-hybridized carbons (Fsp3) is 0.440. The van der Waals surface area contributed by atoms with E-state index in [4.69, 9.17) is 22.1 Å². The third kappa shape index (κ3) is 3.91. The van der Waals surface area contributed by atoms with Crippen LogP contribution in [0.2, 0.25) is 5.02 Å². The van der Waals surface area contributed by atoms with E-state index in [1.165, 1.54) is 11.1 Å². The van der Waals surface area contributed by atoms with Gasteiger partial charge in [0.05, 0.1) is 5.41 Å². The SMILES string of the molecule is Cc1ccc([C@@H]2[C@@H]3[C@@H](C)NC(=O)[C@]3(C)CC[C@H]2c2ccc(OCC(N)=O)cc2Cl)cc1. The van der Waals surface area contributed by atoms with Gasteiger partial charge in [0, 0.05) is 17.0 Å². The minimum absolute atomic E-state index is 0.0866. The van der Waals surface area contributed by atoms with Crippen LogP contribution >= 0.6 is 11.6 Å². The van der Waals surface area contributed by atoms with Gasteiger partial charge in [-0.25, -0.2) is 0 Å². The minimum atomic E-state index is -0.529. The number of carbonyl (C=O) groups is 2. The van der Waals surface area contributed by atoms with Gasteiger partial charge in [0.1, 0.15) is 5.75 Å². The molecule has 2 aromatic rings. The van der Waals surface area contributed by atoms with Gasteiger partial charge in [0.2, 0.25) is 5.91 Å². The summed E-state index contributed by atoms with van der Waals surface area (Å²) in [5, 5.41) is 3.81. The Bertz CT molecular complexity index is 1010. The quantitative estimate of drug-likeness (QED) is 0.726. The van der Waals surface area contributed by atoms with E-state index in [2.05, 4.69) is 50.4 Å². The van der Waals surface area contributed by atoms with Crippen LogP contribution in [0, 0.1) is 18.3 Å². The Kier molecular flexibility index (Phi) is 5.73. The Hall–Kier alpha value is -2.53. The van der Waals surface area contributed by atoms with Crippen molar-refractivity contribution in [3.8, 4) is 5.75 Å². The van der Waals surface area contributed by atoms with Crippen molar-refractivity contribution in [1.29, 1.82) is 0 Å². The van der Waals surface area contributed by atoms with Gasteiger partial charge < -0.3 is 15.8 Å². The zero-order chi connectivity index (χ0) is 22.3. The molecule has 2 aromatic carbocycles. The number of halogens is 1. The predicted octanol–water partition coefficient (Wildman–Crippen LogP) is 4.31. The Morgan fingerprint density at radius 3 is 2.61 bits per heavy atom. The van der Waals surface area contributed by atoms with Gasteiger partial charge in [-0.05, 0) is 61.8 Å². The molecular weight excluding hydrogens is 412 g/mol. The van der Waals surface area contributed by atoms with Crippen molar-refractivity contribution in [3.05, 3.63) is 64.2 Å². The van der Waals surface area contributed by atoms with Crippen molar-refractivity contribution in [2.45, 2.75) is 51.5 Å². The van der Waals surface area contributed by atoms with Gasteiger partial charge >= 0.3 is 0 Å². The van der Waals surface area contributed by atoms with Crippen molar-refractivity contribution in [3.63, 3.8) is 0 Å². The second-order valence-electron chi connectivity index (χ2n) is 9.23. The van der Waals surface area contributed by atoms with Crippen LogP contribution in [0.3, 0.4) is 0 Å². The molecule has 1 heterocycles. The second-order valence-corrected chi connectivity index (χ2v) is 9.63. The van der Waals surface area contributed by atoms with Gasteiger partial charge in [-0.2, -0.15) is 0 Å². The third-order valence-corrected chi connectivity index (χ3v) is 7.49. The minimum Gasteiger partial charge on any atom is -0.484 e. The molecule has 1 aliphatic carbocycles. The highest BCUT2D eigenvalue weighted by molar-refractivity contribution is 6.31. The van der Waals surface area contributed by atoms with E-state index in [0.29, 0.717) is 10.8 Å². The van der Waals surface area contributed by atoms with E-state index in [9.17, 15) is 9.59 Å². The molecule has 2 fully saturated rings. The fourth-order valence-electron chi connectivity index (χ4n) is 5.67. The Morgan fingerprint density at radius 1 is 1.26 bits per heavy atom. The standard InChI is InChI=1S/C25H29ClN2O3/c1-14-4-6-16(7-5-14)22-19(10-11-25(3)23(22)15(2)28-24(25)30)18-9-8-17(12-20(18)26)31-13-21(27)29/h4-9,12,15,19,22-23H,10-11,13H2,1-3H3,(H2,27,29)(H,28,30)/t15-,19+,22+,23+,25-/m1/s1. The Balaban J connectivity index is 1.75. The summed E-state index contributed by atoms with van der Waals surface area (Å²) < 4.78 is 5.42. The normalized spacial score (nSPS) is 29.9. The lowest BCUT2D eigenvalue weighted by atomic mass is 9.56. The van der Waals surface area contributed by atoms with E-state index in [-0.39, 0.29) is 41.7 Å². The second kappa shape index (κ2) is 8.19. The Labute approximate surface area is 188 Å². The van der Waals surface area contributed by atoms with Gasteiger partial charge in [-0.1, -0.05) is 54.4 Å². The topological polar surface area (TPSA) is 81.4 Å². The van der Waals surface area contributed by atoms with Crippen molar-refractivity contribution in [1.82, 2.24) is 5.32 Å². The lowest BCUT2D eigenvalue weighted by Gasteiger charge is -2.46. The molecule has 1 aliphatic heterocycles. The fourth-order valence-corrected chi connectivity index (χ4v) is 5.98. The predicted molar refractivity (Wildman–Crippen MR) is 121 cm³/mol. The smallest absolute Gasteiger partial charge is 0.255 e. The van der Waals surface area contributed by atoms with Gasteiger partial charge in [0.25, 0.3) is 5.91 Å². The molecule has 3 N–H and O–H groups in total. The summed E-state index contributed by atoms with van der Waals surface area (Å²) in [5.41, 5.74) is 8.28. The molecule has 2 aliphatic rings. The number of fused-ring (bicyclic) bond motifs is 1. The Morgan fingerprint density at radius 2 is 1.97 bits per heavy atom. The number of rotatable bonds is 5. The number of nitrogens with one attached hydrogen (secondary N) is 1. The summed E-state index contributed by atoms with van der Waals surface area (Å²) in [6, 6.07) is 14.3.